The van der Waals surface area contributed by atoms with E-state index in [1.165, 1.54) is 23.9 Å². The minimum atomic E-state index is -4.38. The maximum atomic E-state index is 12.5. The number of alkyl halides is 3. The zero-order valence-corrected chi connectivity index (χ0v) is 15.6. The van der Waals surface area contributed by atoms with Crippen molar-refractivity contribution in [3.63, 3.8) is 0 Å². The minimum Gasteiger partial charge on any atom is -0.489 e. The van der Waals surface area contributed by atoms with Gasteiger partial charge in [0.25, 0.3) is 0 Å². The Morgan fingerprint density at radius 3 is 2.41 bits per heavy atom. The SMILES string of the molecule is C=C(COc1ccc(C(F)(F)F)cc1)CSc1ccc(CC(=O)O)cc1Cl. The summed E-state index contributed by atoms with van der Waals surface area (Å²) in [6.07, 6.45) is -4.48. The molecule has 0 aliphatic heterocycles. The van der Waals surface area contributed by atoms with E-state index in [0.717, 1.165) is 22.6 Å². The highest BCUT2D eigenvalue weighted by atomic mass is 35.5. The van der Waals surface area contributed by atoms with Crippen molar-refractivity contribution in [2.75, 3.05) is 12.4 Å². The highest BCUT2D eigenvalue weighted by molar-refractivity contribution is 7.99. The van der Waals surface area contributed by atoms with Gasteiger partial charge in [-0.15, -0.1) is 11.8 Å². The van der Waals surface area contributed by atoms with Crippen molar-refractivity contribution in [3.8, 4) is 5.75 Å². The summed E-state index contributed by atoms with van der Waals surface area (Å²) >= 11 is 7.57. The number of benzene rings is 2. The molecule has 0 spiro atoms. The molecule has 0 aliphatic carbocycles. The van der Waals surface area contributed by atoms with Crippen molar-refractivity contribution < 1.29 is 27.8 Å². The number of ether oxygens (including phenoxy) is 1. The Morgan fingerprint density at radius 2 is 1.85 bits per heavy atom. The molecule has 0 amide bonds. The second-order valence-corrected chi connectivity index (χ2v) is 7.11. The van der Waals surface area contributed by atoms with Gasteiger partial charge in [0.2, 0.25) is 0 Å². The topological polar surface area (TPSA) is 46.5 Å². The fraction of sp³-hybridized carbons (Fsp3) is 0.211. The molecule has 0 aromatic heterocycles. The molecule has 0 unspecified atom stereocenters. The van der Waals surface area contributed by atoms with E-state index in [4.69, 9.17) is 21.4 Å². The molecule has 0 saturated heterocycles. The first-order valence-electron chi connectivity index (χ1n) is 7.75. The molecule has 0 fully saturated rings. The standard InChI is InChI=1S/C19H16ClF3O3S/c1-12(10-26-15-5-3-14(4-6-15)19(21,22)23)11-27-17-7-2-13(8-16(17)20)9-18(24)25/h2-8H,1,9-11H2,(H,24,25). The monoisotopic (exact) mass is 416 g/mol. The van der Waals surface area contributed by atoms with Crippen LogP contribution in [0.1, 0.15) is 11.1 Å². The van der Waals surface area contributed by atoms with E-state index in [0.29, 0.717) is 22.1 Å². The van der Waals surface area contributed by atoms with Crippen LogP contribution in [0.5, 0.6) is 5.75 Å². The molecule has 1 N–H and O–H groups in total. The summed E-state index contributed by atoms with van der Waals surface area (Å²) in [6, 6.07) is 9.51. The van der Waals surface area contributed by atoms with Gasteiger partial charge in [-0.3, -0.25) is 4.79 Å². The fourth-order valence-electron chi connectivity index (χ4n) is 2.09. The van der Waals surface area contributed by atoms with Gasteiger partial charge in [0.05, 0.1) is 17.0 Å². The first-order valence-corrected chi connectivity index (χ1v) is 9.11. The molecular weight excluding hydrogens is 401 g/mol. The highest BCUT2D eigenvalue weighted by Gasteiger charge is 2.30. The van der Waals surface area contributed by atoms with Crippen LogP contribution in [-0.2, 0) is 17.4 Å². The van der Waals surface area contributed by atoms with Gasteiger partial charge in [0, 0.05) is 10.6 Å². The van der Waals surface area contributed by atoms with Crippen LogP contribution in [0, 0.1) is 0 Å². The summed E-state index contributed by atoms with van der Waals surface area (Å²) in [5.41, 5.74) is 0.608. The average Bonchev–Trinajstić information content (AvgIpc) is 2.58. The van der Waals surface area contributed by atoms with Gasteiger partial charge >= 0.3 is 12.1 Å². The lowest BCUT2D eigenvalue weighted by Gasteiger charge is -2.11. The number of rotatable bonds is 8. The van der Waals surface area contributed by atoms with Crippen molar-refractivity contribution in [1.82, 2.24) is 0 Å². The number of carbonyl (C=O) groups is 1. The largest absolute Gasteiger partial charge is 0.489 e. The zero-order valence-electron chi connectivity index (χ0n) is 14.1. The van der Waals surface area contributed by atoms with Crippen LogP contribution >= 0.6 is 23.4 Å². The lowest BCUT2D eigenvalue weighted by molar-refractivity contribution is -0.138. The number of thioether (sulfide) groups is 1. The molecule has 0 heterocycles. The summed E-state index contributed by atoms with van der Waals surface area (Å²) in [6.45, 7) is 4.04. The third-order valence-electron chi connectivity index (χ3n) is 3.41. The van der Waals surface area contributed by atoms with Crippen LogP contribution in [0.4, 0.5) is 13.2 Å². The number of aliphatic carboxylic acids is 1. The summed E-state index contributed by atoms with van der Waals surface area (Å²) in [5.74, 6) is -0.107. The molecule has 3 nitrogen and oxygen atoms in total. The second-order valence-electron chi connectivity index (χ2n) is 5.68. The molecule has 2 aromatic carbocycles. The molecule has 0 radical (unpaired) electrons. The van der Waals surface area contributed by atoms with E-state index >= 15 is 0 Å². The van der Waals surface area contributed by atoms with Crippen molar-refractivity contribution in [3.05, 3.63) is 70.8 Å². The van der Waals surface area contributed by atoms with Gasteiger partial charge in [-0.05, 0) is 47.5 Å². The van der Waals surface area contributed by atoms with Crippen molar-refractivity contribution in [1.29, 1.82) is 0 Å². The van der Waals surface area contributed by atoms with Crippen LogP contribution in [0.2, 0.25) is 5.02 Å². The van der Waals surface area contributed by atoms with Crippen molar-refractivity contribution in [2.24, 2.45) is 0 Å². The first kappa shape index (κ1) is 21.2. The Kier molecular flexibility index (Phi) is 7.21. The maximum Gasteiger partial charge on any atom is 0.416 e. The highest BCUT2D eigenvalue weighted by Crippen LogP contribution is 2.31. The van der Waals surface area contributed by atoms with Gasteiger partial charge in [-0.25, -0.2) is 0 Å². The van der Waals surface area contributed by atoms with Gasteiger partial charge < -0.3 is 9.84 Å². The lowest BCUT2D eigenvalue weighted by Crippen LogP contribution is -2.05. The summed E-state index contributed by atoms with van der Waals surface area (Å²) in [4.78, 5) is 11.5. The van der Waals surface area contributed by atoms with Crippen molar-refractivity contribution in [2.45, 2.75) is 17.5 Å². The summed E-state index contributed by atoms with van der Waals surface area (Å²) in [5, 5.41) is 9.24. The predicted octanol–water partition coefficient (Wildman–Crippen LogP) is 5.71. The van der Waals surface area contributed by atoms with E-state index < -0.39 is 17.7 Å². The Hall–Kier alpha value is -2.12. The van der Waals surface area contributed by atoms with E-state index in [2.05, 4.69) is 6.58 Å². The Morgan fingerprint density at radius 1 is 1.19 bits per heavy atom. The quantitative estimate of drug-likeness (QED) is 0.442. The fourth-order valence-corrected chi connectivity index (χ4v) is 3.26. The molecule has 0 saturated carbocycles. The second kappa shape index (κ2) is 9.19. The molecule has 144 valence electrons. The smallest absolute Gasteiger partial charge is 0.416 e. The minimum absolute atomic E-state index is 0.0989. The summed E-state index contributed by atoms with van der Waals surface area (Å²) < 4.78 is 43.0. The van der Waals surface area contributed by atoms with E-state index in [9.17, 15) is 18.0 Å². The molecule has 2 rings (SSSR count). The first-order chi connectivity index (χ1) is 12.6. The van der Waals surface area contributed by atoms with Gasteiger partial charge in [-0.2, -0.15) is 13.2 Å². The van der Waals surface area contributed by atoms with Gasteiger partial charge in [-0.1, -0.05) is 24.2 Å². The van der Waals surface area contributed by atoms with Crippen LogP contribution in [0.3, 0.4) is 0 Å². The lowest BCUT2D eigenvalue weighted by atomic mass is 10.1. The van der Waals surface area contributed by atoms with Crippen LogP contribution < -0.4 is 4.74 Å². The third-order valence-corrected chi connectivity index (χ3v) is 5.05. The number of halogens is 4. The molecule has 0 bridgehead atoms. The van der Waals surface area contributed by atoms with E-state index in [1.807, 2.05) is 0 Å². The number of hydrogen-bond acceptors (Lipinski definition) is 3. The van der Waals surface area contributed by atoms with Gasteiger partial charge in [0.15, 0.2) is 0 Å². The number of carboxylic acids is 1. The normalized spacial score (nSPS) is 11.3. The van der Waals surface area contributed by atoms with E-state index in [1.54, 1.807) is 18.2 Å². The van der Waals surface area contributed by atoms with Crippen LogP contribution in [-0.4, -0.2) is 23.4 Å². The molecule has 0 aliphatic rings. The third kappa shape index (κ3) is 6.84. The Balaban J connectivity index is 1.83. The molecule has 2 aromatic rings. The van der Waals surface area contributed by atoms with Crippen molar-refractivity contribution >= 4 is 29.3 Å². The number of carboxylic acid groups (broad SMARTS) is 1. The molecule has 0 atom stereocenters. The number of hydrogen-bond donors (Lipinski definition) is 1. The maximum absolute atomic E-state index is 12.5. The van der Waals surface area contributed by atoms with Gasteiger partial charge in [0.1, 0.15) is 12.4 Å². The molecule has 27 heavy (non-hydrogen) atoms. The predicted molar refractivity (Wildman–Crippen MR) is 99.6 cm³/mol. The molecule has 8 heteroatoms. The van der Waals surface area contributed by atoms with Crippen LogP contribution in [0.15, 0.2) is 59.5 Å². The molecular formula is C19H16ClF3O3S. The van der Waals surface area contributed by atoms with Crippen LogP contribution in [0.25, 0.3) is 0 Å². The summed E-state index contributed by atoms with van der Waals surface area (Å²) in [7, 11) is 0. The zero-order chi connectivity index (χ0) is 20.0. The Bertz CT molecular complexity index is 820. The Labute approximate surface area is 163 Å². The van der Waals surface area contributed by atoms with E-state index in [-0.39, 0.29) is 13.0 Å². The average molecular weight is 417 g/mol.